The molecule has 2 aromatic rings. The van der Waals surface area contributed by atoms with Crippen LogP contribution in [0.1, 0.15) is 6.92 Å². The van der Waals surface area contributed by atoms with Gasteiger partial charge >= 0.3 is 6.09 Å². The Morgan fingerprint density at radius 1 is 1.16 bits per heavy atom. The van der Waals surface area contributed by atoms with Gasteiger partial charge in [0.05, 0.1) is 23.7 Å². The van der Waals surface area contributed by atoms with Gasteiger partial charge in [-0.1, -0.05) is 12.1 Å². The van der Waals surface area contributed by atoms with Crippen LogP contribution in [0, 0.1) is 0 Å². The van der Waals surface area contributed by atoms with E-state index in [1.54, 1.807) is 36.4 Å². The lowest BCUT2D eigenvalue weighted by Gasteiger charge is -2.15. The molecule has 0 radical (unpaired) electrons. The van der Waals surface area contributed by atoms with Crippen LogP contribution in [-0.2, 0) is 14.8 Å². The molecule has 0 atom stereocenters. The molecule has 1 aliphatic heterocycles. The largest absolute Gasteiger partial charge is 0.492 e. The number of rotatable bonds is 6. The van der Waals surface area contributed by atoms with Crippen molar-refractivity contribution in [2.75, 3.05) is 29.4 Å². The van der Waals surface area contributed by atoms with Crippen molar-refractivity contribution < 1.29 is 22.7 Å². The van der Waals surface area contributed by atoms with Gasteiger partial charge in [-0.05, 0) is 43.3 Å². The summed E-state index contributed by atoms with van der Waals surface area (Å²) in [4.78, 5) is 13.1. The van der Waals surface area contributed by atoms with Crippen molar-refractivity contribution in [3.63, 3.8) is 0 Å². The van der Waals surface area contributed by atoms with Crippen molar-refractivity contribution >= 4 is 27.5 Å². The lowest BCUT2D eigenvalue weighted by Crippen LogP contribution is -2.23. The molecule has 1 saturated heterocycles. The Balaban J connectivity index is 1.82. The van der Waals surface area contributed by atoms with Crippen LogP contribution in [0.5, 0.6) is 5.75 Å². The molecule has 3 rings (SSSR count). The summed E-state index contributed by atoms with van der Waals surface area (Å²) in [5, 5.41) is 0. The molecule has 1 aliphatic rings. The third kappa shape index (κ3) is 3.69. The van der Waals surface area contributed by atoms with Gasteiger partial charge in [-0.25, -0.2) is 13.2 Å². The molecule has 0 aliphatic carbocycles. The molecule has 8 heteroatoms. The number of ether oxygens (including phenoxy) is 2. The van der Waals surface area contributed by atoms with E-state index in [-0.39, 0.29) is 4.90 Å². The van der Waals surface area contributed by atoms with E-state index in [0.29, 0.717) is 36.9 Å². The number of nitrogens with one attached hydrogen (secondary N) is 1. The maximum Gasteiger partial charge on any atom is 0.414 e. The summed E-state index contributed by atoms with van der Waals surface area (Å²) in [6, 6.07) is 12.9. The highest BCUT2D eigenvalue weighted by Gasteiger charge is 2.24. The Hall–Kier alpha value is -2.74. The van der Waals surface area contributed by atoms with Crippen molar-refractivity contribution in [1.82, 2.24) is 0 Å². The lowest BCUT2D eigenvalue weighted by atomic mass is 10.3. The standard InChI is InChI=1S/C17H18N2O5S/c1-2-23-16-6-4-3-5-15(16)18-25(21,22)14-9-7-13(8-10-14)19-11-12-24-17(19)20/h3-10,18H,2,11-12H2,1H3. The van der Waals surface area contributed by atoms with E-state index in [2.05, 4.69) is 4.72 Å². The highest BCUT2D eigenvalue weighted by Crippen LogP contribution is 2.27. The minimum Gasteiger partial charge on any atom is -0.492 e. The number of para-hydroxylation sites is 2. The third-order valence-electron chi connectivity index (χ3n) is 3.65. The van der Waals surface area contributed by atoms with E-state index in [9.17, 15) is 13.2 Å². The predicted octanol–water partition coefficient (Wildman–Crippen LogP) is 2.84. The monoisotopic (exact) mass is 362 g/mol. The number of nitrogens with zero attached hydrogens (tertiary/aromatic N) is 1. The Morgan fingerprint density at radius 3 is 2.52 bits per heavy atom. The first kappa shape index (κ1) is 17.1. The predicted molar refractivity (Wildman–Crippen MR) is 93.6 cm³/mol. The molecule has 0 saturated carbocycles. The van der Waals surface area contributed by atoms with Crippen LogP contribution in [0.2, 0.25) is 0 Å². The second kappa shape index (κ2) is 7.02. The first-order valence-corrected chi connectivity index (χ1v) is 9.28. The summed E-state index contributed by atoms with van der Waals surface area (Å²) in [6.07, 6.45) is -0.431. The van der Waals surface area contributed by atoms with Crippen LogP contribution >= 0.6 is 0 Å². The van der Waals surface area contributed by atoms with Gasteiger partial charge in [0.1, 0.15) is 12.4 Å². The molecule has 0 unspecified atom stereocenters. The number of carbonyl (C=O) groups excluding carboxylic acids is 1. The Bertz CT molecular complexity index is 865. The second-order valence-electron chi connectivity index (χ2n) is 5.29. The molecule has 2 aromatic carbocycles. The molecule has 0 aromatic heterocycles. The molecule has 0 spiro atoms. The first-order chi connectivity index (χ1) is 12.0. The molecule has 25 heavy (non-hydrogen) atoms. The summed E-state index contributed by atoms with van der Waals surface area (Å²) >= 11 is 0. The summed E-state index contributed by atoms with van der Waals surface area (Å²) in [5.74, 6) is 0.463. The first-order valence-electron chi connectivity index (χ1n) is 7.80. The molecular weight excluding hydrogens is 344 g/mol. The fourth-order valence-corrected chi connectivity index (χ4v) is 3.54. The Kier molecular flexibility index (Phi) is 4.80. The number of benzene rings is 2. The van der Waals surface area contributed by atoms with Gasteiger partial charge in [0.15, 0.2) is 0 Å². The maximum absolute atomic E-state index is 12.6. The normalized spacial score (nSPS) is 14.3. The number of amides is 1. The molecular formula is C17H18N2O5S. The van der Waals surface area contributed by atoms with Gasteiger partial charge in [-0.3, -0.25) is 9.62 Å². The Labute approximate surface area is 146 Å². The van der Waals surface area contributed by atoms with Gasteiger partial charge in [0.2, 0.25) is 0 Å². The summed E-state index contributed by atoms with van der Waals surface area (Å²) < 4.78 is 38.0. The van der Waals surface area contributed by atoms with Crippen molar-refractivity contribution in [1.29, 1.82) is 0 Å². The average molecular weight is 362 g/mol. The van der Waals surface area contributed by atoms with Crippen molar-refractivity contribution in [2.24, 2.45) is 0 Å². The number of sulfonamides is 1. The van der Waals surface area contributed by atoms with E-state index >= 15 is 0 Å². The highest BCUT2D eigenvalue weighted by atomic mass is 32.2. The molecule has 1 N–H and O–H groups in total. The average Bonchev–Trinajstić information content (AvgIpc) is 3.03. The summed E-state index contributed by atoms with van der Waals surface area (Å²) in [6.45, 7) is 3.03. The molecule has 1 amide bonds. The molecule has 0 bridgehead atoms. The molecule has 7 nitrogen and oxygen atoms in total. The third-order valence-corrected chi connectivity index (χ3v) is 5.03. The van der Waals surface area contributed by atoms with E-state index < -0.39 is 16.1 Å². The van der Waals surface area contributed by atoms with Crippen LogP contribution in [-0.4, -0.2) is 34.3 Å². The van der Waals surface area contributed by atoms with Crippen molar-refractivity contribution in [2.45, 2.75) is 11.8 Å². The minimum atomic E-state index is -3.77. The van der Waals surface area contributed by atoms with Gasteiger partial charge in [-0.2, -0.15) is 0 Å². The lowest BCUT2D eigenvalue weighted by molar-refractivity contribution is 0.181. The molecule has 1 fully saturated rings. The van der Waals surface area contributed by atoms with Crippen molar-refractivity contribution in [3.8, 4) is 5.75 Å². The summed E-state index contributed by atoms with van der Waals surface area (Å²) in [5.41, 5.74) is 0.965. The van der Waals surface area contributed by atoms with E-state index in [4.69, 9.17) is 9.47 Å². The molecule has 132 valence electrons. The quantitative estimate of drug-likeness (QED) is 0.854. The fourth-order valence-electron chi connectivity index (χ4n) is 2.47. The van der Waals surface area contributed by atoms with Gasteiger partial charge in [0.25, 0.3) is 10.0 Å². The van der Waals surface area contributed by atoms with E-state index in [1.807, 2.05) is 6.92 Å². The van der Waals surface area contributed by atoms with Gasteiger partial charge in [-0.15, -0.1) is 0 Å². The number of hydrogen-bond acceptors (Lipinski definition) is 5. The topological polar surface area (TPSA) is 84.9 Å². The minimum absolute atomic E-state index is 0.0927. The van der Waals surface area contributed by atoms with Gasteiger partial charge < -0.3 is 9.47 Å². The van der Waals surface area contributed by atoms with Crippen LogP contribution in [0.4, 0.5) is 16.2 Å². The van der Waals surface area contributed by atoms with Gasteiger partial charge in [0, 0.05) is 5.69 Å². The Morgan fingerprint density at radius 2 is 1.88 bits per heavy atom. The number of anilines is 2. The fraction of sp³-hybridized carbons (Fsp3) is 0.235. The van der Waals surface area contributed by atoms with Crippen LogP contribution in [0.25, 0.3) is 0 Å². The number of hydrogen-bond donors (Lipinski definition) is 1. The highest BCUT2D eigenvalue weighted by molar-refractivity contribution is 7.92. The molecule has 1 heterocycles. The van der Waals surface area contributed by atoms with E-state index in [1.165, 1.54) is 17.0 Å². The number of cyclic esters (lactones) is 1. The zero-order chi connectivity index (χ0) is 17.9. The zero-order valence-electron chi connectivity index (χ0n) is 13.6. The van der Waals surface area contributed by atoms with Crippen LogP contribution in [0.3, 0.4) is 0 Å². The van der Waals surface area contributed by atoms with Crippen LogP contribution < -0.4 is 14.4 Å². The zero-order valence-corrected chi connectivity index (χ0v) is 14.5. The summed E-state index contributed by atoms with van der Waals surface area (Å²) in [7, 11) is -3.77. The van der Waals surface area contributed by atoms with E-state index in [0.717, 1.165) is 0 Å². The second-order valence-corrected chi connectivity index (χ2v) is 6.98. The smallest absolute Gasteiger partial charge is 0.414 e. The number of carbonyl (C=O) groups is 1. The SMILES string of the molecule is CCOc1ccccc1NS(=O)(=O)c1ccc(N2CCOC2=O)cc1. The maximum atomic E-state index is 12.6. The van der Waals surface area contributed by atoms with Crippen LogP contribution in [0.15, 0.2) is 53.4 Å². The van der Waals surface area contributed by atoms with Crippen molar-refractivity contribution in [3.05, 3.63) is 48.5 Å².